The summed E-state index contributed by atoms with van der Waals surface area (Å²) in [5, 5.41) is 15.0. The highest BCUT2D eigenvalue weighted by Crippen LogP contribution is 2.31. The van der Waals surface area contributed by atoms with Gasteiger partial charge in [0.15, 0.2) is 0 Å². The maximum atomic E-state index is 12.6. The number of phenolic OH excluding ortho intramolecular Hbond substituents is 1. The molecule has 0 radical (unpaired) electrons. The molecule has 1 aliphatic rings. The van der Waals surface area contributed by atoms with Crippen LogP contribution in [0.5, 0.6) is 5.75 Å². The molecule has 2 aromatic carbocycles. The first kappa shape index (κ1) is 17.0. The van der Waals surface area contributed by atoms with Gasteiger partial charge in [-0.1, -0.05) is 13.0 Å². The van der Waals surface area contributed by atoms with Gasteiger partial charge in [0.25, 0.3) is 17.7 Å². The number of carbonyl (C=O) groups excluding carboxylic acids is 3. The molecule has 0 fully saturated rings. The molecule has 0 unspecified atom stereocenters. The van der Waals surface area contributed by atoms with E-state index in [4.69, 9.17) is 0 Å². The fraction of sp³-hybridized carbons (Fsp3) is 0.167. The summed E-state index contributed by atoms with van der Waals surface area (Å²) in [7, 11) is 0. The van der Waals surface area contributed by atoms with Gasteiger partial charge in [-0.2, -0.15) is 0 Å². The third kappa shape index (κ3) is 3.10. The molecule has 2 aromatic rings. The Morgan fingerprint density at radius 3 is 2.72 bits per heavy atom. The van der Waals surface area contributed by atoms with Gasteiger partial charge in [0, 0.05) is 4.90 Å². The Bertz CT molecular complexity index is 908. The van der Waals surface area contributed by atoms with E-state index in [2.05, 4.69) is 10.6 Å². The quantitative estimate of drug-likeness (QED) is 0.578. The van der Waals surface area contributed by atoms with Gasteiger partial charge in [-0.3, -0.25) is 19.7 Å². The van der Waals surface area contributed by atoms with E-state index in [0.29, 0.717) is 5.56 Å². The van der Waals surface area contributed by atoms with E-state index in [9.17, 15) is 19.5 Å². The molecule has 25 heavy (non-hydrogen) atoms. The standard InChI is InChI=1S/C18H16N2O4S/c1-3-25-10-7-9(2)15(21)12(8-10)17(23)19-13-6-4-5-11-14(13)18(24)20-16(11)22/h4-8,21H,3H2,1-2H3,(H,19,23)(H,20,22,24). The van der Waals surface area contributed by atoms with Crippen molar-refractivity contribution in [2.24, 2.45) is 0 Å². The molecular weight excluding hydrogens is 340 g/mol. The van der Waals surface area contributed by atoms with E-state index >= 15 is 0 Å². The highest BCUT2D eigenvalue weighted by molar-refractivity contribution is 7.99. The fourth-order valence-electron chi connectivity index (χ4n) is 2.68. The Morgan fingerprint density at radius 2 is 2.00 bits per heavy atom. The minimum atomic E-state index is -0.549. The number of aryl methyl sites for hydroxylation is 1. The summed E-state index contributed by atoms with van der Waals surface area (Å²) >= 11 is 1.56. The molecule has 0 aromatic heterocycles. The maximum Gasteiger partial charge on any atom is 0.261 e. The summed E-state index contributed by atoms with van der Waals surface area (Å²) in [4.78, 5) is 37.2. The highest BCUT2D eigenvalue weighted by atomic mass is 32.2. The predicted octanol–water partition coefficient (Wildman–Crippen LogP) is 2.95. The number of benzene rings is 2. The SMILES string of the molecule is CCSc1cc(C)c(O)c(C(=O)Nc2cccc3c2C(=O)NC3=O)c1. The van der Waals surface area contributed by atoms with Crippen molar-refractivity contribution in [3.63, 3.8) is 0 Å². The van der Waals surface area contributed by atoms with Crippen LogP contribution >= 0.6 is 11.8 Å². The van der Waals surface area contributed by atoms with Gasteiger partial charge in [0.05, 0.1) is 22.4 Å². The zero-order valence-corrected chi connectivity index (χ0v) is 14.5. The Hall–Kier alpha value is -2.80. The third-order valence-corrected chi connectivity index (χ3v) is 4.70. The van der Waals surface area contributed by atoms with Gasteiger partial charge in [0.2, 0.25) is 0 Å². The smallest absolute Gasteiger partial charge is 0.261 e. The first-order chi connectivity index (χ1) is 11.9. The normalized spacial score (nSPS) is 12.7. The van der Waals surface area contributed by atoms with Crippen LogP contribution in [-0.4, -0.2) is 28.6 Å². The molecule has 0 saturated heterocycles. The number of imide groups is 1. The van der Waals surface area contributed by atoms with E-state index in [-0.39, 0.29) is 28.1 Å². The maximum absolute atomic E-state index is 12.6. The molecule has 7 heteroatoms. The molecule has 0 bridgehead atoms. The summed E-state index contributed by atoms with van der Waals surface area (Å²) in [5.41, 5.74) is 1.30. The Kier molecular flexibility index (Phi) is 4.50. The van der Waals surface area contributed by atoms with Crippen LogP contribution in [0.2, 0.25) is 0 Å². The number of amides is 3. The molecule has 3 N–H and O–H groups in total. The summed E-state index contributed by atoms with van der Waals surface area (Å²) in [6.07, 6.45) is 0. The lowest BCUT2D eigenvalue weighted by Crippen LogP contribution is -2.21. The van der Waals surface area contributed by atoms with Crippen molar-refractivity contribution in [2.75, 3.05) is 11.1 Å². The Balaban J connectivity index is 1.97. The number of rotatable bonds is 4. The van der Waals surface area contributed by atoms with Crippen LogP contribution in [0.25, 0.3) is 0 Å². The van der Waals surface area contributed by atoms with Crippen LogP contribution in [0, 0.1) is 6.92 Å². The van der Waals surface area contributed by atoms with Gasteiger partial charge >= 0.3 is 0 Å². The Labute approximate surface area is 148 Å². The summed E-state index contributed by atoms with van der Waals surface area (Å²) < 4.78 is 0. The van der Waals surface area contributed by atoms with Crippen molar-refractivity contribution in [3.05, 3.63) is 52.6 Å². The predicted molar refractivity (Wildman–Crippen MR) is 95.4 cm³/mol. The largest absolute Gasteiger partial charge is 0.507 e. The van der Waals surface area contributed by atoms with Crippen LogP contribution in [0.1, 0.15) is 43.6 Å². The molecule has 3 amide bonds. The average Bonchev–Trinajstić information content (AvgIpc) is 2.86. The van der Waals surface area contributed by atoms with Crippen LogP contribution in [0.4, 0.5) is 5.69 Å². The molecule has 0 aliphatic carbocycles. The number of nitrogens with one attached hydrogen (secondary N) is 2. The van der Waals surface area contributed by atoms with Gasteiger partial charge in [-0.15, -0.1) is 11.8 Å². The topological polar surface area (TPSA) is 95.5 Å². The van der Waals surface area contributed by atoms with Crippen molar-refractivity contribution < 1.29 is 19.5 Å². The van der Waals surface area contributed by atoms with Crippen LogP contribution in [0.15, 0.2) is 35.2 Å². The average molecular weight is 356 g/mol. The fourth-order valence-corrected chi connectivity index (χ4v) is 3.48. The van der Waals surface area contributed by atoms with Gasteiger partial charge in [-0.25, -0.2) is 0 Å². The molecule has 6 nitrogen and oxygen atoms in total. The van der Waals surface area contributed by atoms with Gasteiger partial charge in [-0.05, 0) is 42.5 Å². The van der Waals surface area contributed by atoms with Gasteiger partial charge in [0.1, 0.15) is 5.75 Å². The lowest BCUT2D eigenvalue weighted by molar-refractivity contribution is 0.0879. The second kappa shape index (κ2) is 6.60. The second-order valence-corrected chi connectivity index (χ2v) is 6.87. The summed E-state index contributed by atoms with van der Waals surface area (Å²) in [6.45, 7) is 3.72. The van der Waals surface area contributed by atoms with Crippen LogP contribution in [0.3, 0.4) is 0 Å². The summed E-state index contributed by atoms with van der Waals surface area (Å²) in [5.74, 6) is -0.854. The molecule has 128 valence electrons. The van der Waals surface area contributed by atoms with Crippen molar-refractivity contribution in [2.45, 2.75) is 18.7 Å². The van der Waals surface area contributed by atoms with Gasteiger partial charge < -0.3 is 10.4 Å². The molecule has 0 atom stereocenters. The molecule has 0 spiro atoms. The molecular formula is C18H16N2O4S. The third-order valence-electron chi connectivity index (χ3n) is 3.84. The zero-order valence-electron chi connectivity index (χ0n) is 13.7. The number of phenols is 1. The number of hydrogen-bond acceptors (Lipinski definition) is 5. The van der Waals surface area contributed by atoms with E-state index < -0.39 is 17.7 Å². The van der Waals surface area contributed by atoms with Crippen molar-refractivity contribution in [1.29, 1.82) is 0 Å². The minimum absolute atomic E-state index is 0.106. The number of thioether (sulfide) groups is 1. The van der Waals surface area contributed by atoms with E-state index in [1.165, 1.54) is 6.07 Å². The van der Waals surface area contributed by atoms with E-state index in [0.717, 1.165) is 10.6 Å². The number of carbonyl (C=O) groups is 3. The number of hydrogen-bond donors (Lipinski definition) is 3. The first-order valence-electron chi connectivity index (χ1n) is 7.68. The second-order valence-electron chi connectivity index (χ2n) is 5.53. The van der Waals surface area contributed by atoms with Crippen LogP contribution < -0.4 is 10.6 Å². The number of anilines is 1. The Morgan fingerprint density at radius 1 is 1.24 bits per heavy atom. The van der Waals surface area contributed by atoms with Crippen molar-refractivity contribution in [3.8, 4) is 5.75 Å². The first-order valence-corrected chi connectivity index (χ1v) is 8.67. The zero-order chi connectivity index (χ0) is 18.1. The monoisotopic (exact) mass is 356 g/mol. The summed E-state index contributed by atoms with van der Waals surface area (Å²) in [6, 6.07) is 8.07. The molecule has 1 heterocycles. The van der Waals surface area contributed by atoms with E-state index in [1.807, 2.05) is 13.0 Å². The minimum Gasteiger partial charge on any atom is -0.507 e. The lowest BCUT2D eigenvalue weighted by atomic mass is 10.1. The van der Waals surface area contributed by atoms with Crippen molar-refractivity contribution in [1.82, 2.24) is 5.32 Å². The molecule has 3 rings (SSSR count). The number of fused-ring (bicyclic) bond motifs is 1. The van der Waals surface area contributed by atoms with E-state index in [1.54, 1.807) is 36.9 Å². The molecule has 1 aliphatic heterocycles. The van der Waals surface area contributed by atoms with Crippen molar-refractivity contribution >= 4 is 35.2 Å². The van der Waals surface area contributed by atoms with Crippen LogP contribution in [-0.2, 0) is 0 Å². The lowest BCUT2D eigenvalue weighted by Gasteiger charge is -2.12. The number of aromatic hydroxyl groups is 1. The highest BCUT2D eigenvalue weighted by Gasteiger charge is 2.30. The molecule has 0 saturated carbocycles.